The maximum absolute atomic E-state index is 9.07. The molecular formula is C13H12Cl2N2O. The lowest BCUT2D eigenvalue weighted by atomic mass is 10.0. The van der Waals surface area contributed by atoms with Crippen molar-refractivity contribution in [2.45, 2.75) is 6.04 Å². The molecule has 5 heteroatoms. The van der Waals surface area contributed by atoms with Gasteiger partial charge in [-0.3, -0.25) is 4.98 Å². The highest BCUT2D eigenvalue weighted by Gasteiger charge is 2.12. The predicted octanol–water partition coefficient (Wildman–Crippen LogP) is 3.05. The zero-order chi connectivity index (χ0) is 13.1. The summed E-state index contributed by atoms with van der Waals surface area (Å²) in [6, 6.07) is 8.37. The van der Waals surface area contributed by atoms with Crippen molar-refractivity contribution in [2.75, 3.05) is 6.61 Å². The average molecular weight is 283 g/mol. The van der Waals surface area contributed by atoms with Crippen LogP contribution >= 0.6 is 23.2 Å². The van der Waals surface area contributed by atoms with Gasteiger partial charge in [-0.25, -0.2) is 0 Å². The van der Waals surface area contributed by atoms with Crippen LogP contribution < -0.4 is 5.73 Å². The first-order chi connectivity index (χ1) is 8.63. The van der Waals surface area contributed by atoms with E-state index in [-0.39, 0.29) is 6.61 Å². The zero-order valence-electron chi connectivity index (χ0n) is 9.48. The third-order valence-corrected chi connectivity index (χ3v) is 3.26. The van der Waals surface area contributed by atoms with E-state index in [1.54, 1.807) is 36.5 Å². The van der Waals surface area contributed by atoms with E-state index < -0.39 is 6.04 Å². The number of halogens is 2. The number of hydrogen-bond acceptors (Lipinski definition) is 3. The Bertz CT molecular complexity index is 560. The molecule has 94 valence electrons. The van der Waals surface area contributed by atoms with Crippen LogP contribution in [0.15, 0.2) is 36.5 Å². The Balaban J connectivity index is 2.54. The second-order valence-corrected chi connectivity index (χ2v) is 4.68. The third-order valence-electron chi connectivity index (χ3n) is 2.63. The smallest absolute Gasteiger partial charge is 0.0903 e. The Morgan fingerprint density at radius 3 is 2.67 bits per heavy atom. The van der Waals surface area contributed by atoms with Crippen LogP contribution in [0, 0.1) is 0 Å². The van der Waals surface area contributed by atoms with Gasteiger partial charge in [0, 0.05) is 11.8 Å². The van der Waals surface area contributed by atoms with E-state index in [9.17, 15) is 0 Å². The van der Waals surface area contributed by atoms with E-state index >= 15 is 0 Å². The van der Waals surface area contributed by atoms with Crippen molar-refractivity contribution in [1.29, 1.82) is 0 Å². The number of aromatic nitrogens is 1. The molecule has 0 aliphatic rings. The standard InChI is InChI=1S/C13H12Cl2N2O/c14-10-4-3-8(12(16)7-18)6-9(10)13-11(15)2-1-5-17-13/h1-6,12,18H,7,16H2/t12-/m1/s1. The van der Waals surface area contributed by atoms with Crippen LogP contribution in [0.5, 0.6) is 0 Å². The molecule has 0 fully saturated rings. The van der Waals surface area contributed by atoms with Crippen LogP contribution in [0.25, 0.3) is 11.3 Å². The number of hydrogen-bond donors (Lipinski definition) is 2. The number of aliphatic hydroxyl groups excluding tert-OH is 1. The molecule has 1 heterocycles. The predicted molar refractivity (Wildman–Crippen MR) is 73.7 cm³/mol. The average Bonchev–Trinajstić information content (AvgIpc) is 2.39. The number of nitrogens with two attached hydrogens (primary N) is 1. The first-order valence-electron chi connectivity index (χ1n) is 5.40. The molecule has 0 spiro atoms. The third kappa shape index (κ3) is 2.65. The fourth-order valence-electron chi connectivity index (χ4n) is 1.64. The lowest BCUT2D eigenvalue weighted by Crippen LogP contribution is -2.14. The zero-order valence-corrected chi connectivity index (χ0v) is 11.0. The minimum absolute atomic E-state index is 0.128. The molecule has 3 N–H and O–H groups in total. The Morgan fingerprint density at radius 1 is 1.22 bits per heavy atom. The van der Waals surface area contributed by atoms with Gasteiger partial charge in [-0.2, -0.15) is 0 Å². The molecular weight excluding hydrogens is 271 g/mol. The quantitative estimate of drug-likeness (QED) is 0.910. The summed E-state index contributed by atoms with van der Waals surface area (Å²) >= 11 is 12.2. The summed E-state index contributed by atoms with van der Waals surface area (Å²) in [4.78, 5) is 4.22. The first-order valence-corrected chi connectivity index (χ1v) is 6.16. The molecule has 2 aromatic rings. The molecule has 3 nitrogen and oxygen atoms in total. The van der Waals surface area contributed by atoms with E-state index in [0.717, 1.165) is 5.56 Å². The van der Waals surface area contributed by atoms with Crippen molar-refractivity contribution in [3.05, 3.63) is 52.1 Å². The number of rotatable bonds is 3. The molecule has 1 aromatic carbocycles. The minimum Gasteiger partial charge on any atom is -0.394 e. The van der Waals surface area contributed by atoms with Crippen molar-refractivity contribution < 1.29 is 5.11 Å². The molecule has 2 rings (SSSR count). The first kappa shape index (κ1) is 13.3. The van der Waals surface area contributed by atoms with Gasteiger partial charge in [0.25, 0.3) is 0 Å². The fraction of sp³-hybridized carbons (Fsp3) is 0.154. The van der Waals surface area contributed by atoms with Gasteiger partial charge in [0.2, 0.25) is 0 Å². The van der Waals surface area contributed by atoms with Gasteiger partial charge < -0.3 is 10.8 Å². The maximum Gasteiger partial charge on any atom is 0.0903 e. The van der Waals surface area contributed by atoms with Crippen molar-refractivity contribution in [3.8, 4) is 11.3 Å². The van der Waals surface area contributed by atoms with Gasteiger partial charge in [-0.05, 0) is 29.8 Å². The summed E-state index contributed by atoms with van der Waals surface area (Å²) in [6.07, 6.45) is 1.65. The Hall–Kier alpha value is -1.13. The van der Waals surface area contributed by atoms with Crippen molar-refractivity contribution in [3.63, 3.8) is 0 Å². The number of aliphatic hydroxyl groups is 1. The second kappa shape index (κ2) is 5.67. The van der Waals surface area contributed by atoms with E-state index in [0.29, 0.717) is 21.3 Å². The topological polar surface area (TPSA) is 59.1 Å². The van der Waals surface area contributed by atoms with Crippen molar-refractivity contribution >= 4 is 23.2 Å². The number of pyridine rings is 1. The van der Waals surface area contributed by atoms with Crippen LogP contribution in [0.2, 0.25) is 10.0 Å². The highest BCUT2D eigenvalue weighted by atomic mass is 35.5. The van der Waals surface area contributed by atoms with Crippen LogP contribution in [0.1, 0.15) is 11.6 Å². The Labute approximate surface area is 115 Å². The van der Waals surface area contributed by atoms with Crippen LogP contribution in [-0.2, 0) is 0 Å². The summed E-state index contributed by atoms with van der Waals surface area (Å²) < 4.78 is 0. The summed E-state index contributed by atoms with van der Waals surface area (Å²) in [5, 5.41) is 10.1. The van der Waals surface area contributed by atoms with Crippen molar-refractivity contribution in [1.82, 2.24) is 4.98 Å². The second-order valence-electron chi connectivity index (χ2n) is 3.86. The maximum atomic E-state index is 9.07. The molecule has 0 amide bonds. The molecule has 0 aliphatic carbocycles. The van der Waals surface area contributed by atoms with Crippen LogP contribution in [0.4, 0.5) is 0 Å². The van der Waals surface area contributed by atoms with E-state index in [4.69, 9.17) is 34.0 Å². The summed E-state index contributed by atoms with van der Waals surface area (Å²) in [5.41, 5.74) is 7.89. The highest BCUT2D eigenvalue weighted by Crippen LogP contribution is 2.32. The Morgan fingerprint density at radius 2 is 2.00 bits per heavy atom. The summed E-state index contributed by atoms with van der Waals surface area (Å²) in [5.74, 6) is 0. The molecule has 1 atom stereocenters. The van der Waals surface area contributed by atoms with Gasteiger partial charge in [-0.15, -0.1) is 0 Å². The lowest BCUT2D eigenvalue weighted by molar-refractivity contribution is 0.268. The molecule has 0 saturated heterocycles. The van der Waals surface area contributed by atoms with E-state index in [1.165, 1.54) is 0 Å². The van der Waals surface area contributed by atoms with Gasteiger partial charge in [0.15, 0.2) is 0 Å². The van der Waals surface area contributed by atoms with E-state index in [1.807, 2.05) is 0 Å². The molecule has 1 aromatic heterocycles. The monoisotopic (exact) mass is 282 g/mol. The minimum atomic E-state index is -0.441. The Kier molecular flexibility index (Phi) is 4.19. The fourth-order valence-corrected chi connectivity index (χ4v) is 2.07. The molecule has 0 aliphatic heterocycles. The SMILES string of the molecule is N[C@H](CO)c1ccc(Cl)c(-c2ncccc2Cl)c1. The molecule has 0 saturated carbocycles. The van der Waals surface area contributed by atoms with Crippen LogP contribution in [-0.4, -0.2) is 16.7 Å². The largest absolute Gasteiger partial charge is 0.394 e. The van der Waals surface area contributed by atoms with Gasteiger partial charge in [0.1, 0.15) is 0 Å². The molecule has 18 heavy (non-hydrogen) atoms. The number of nitrogens with zero attached hydrogens (tertiary/aromatic N) is 1. The molecule has 0 radical (unpaired) electrons. The lowest BCUT2D eigenvalue weighted by Gasteiger charge is -2.12. The van der Waals surface area contributed by atoms with Gasteiger partial charge in [0.05, 0.1) is 28.4 Å². The normalized spacial score (nSPS) is 12.4. The number of benzene rings is 1. The molecule has 0 unspecified atom stereocenters. The van der Waals surface area contributed by atoms with Gasteiger partial charge >= 0.3 is 0 Å². The van der Waals surface area contributed by atoms with Gasteiger partial charge in [-0.1, -0.05) is 29.3 Å². The summed E-state index contributed by atoms with van der Waals surface area (Å²) in [6.45, 7) is -0.128. The molecule has 0 bridgehead atoms. The van der Waals surface area contributed by atoms with Crippen molar-refractivity contribution in [2.24, 2.45) is 5.73 Å². The van der Waals surface area contributed by atoms with Crippen LogP contribution in [0.3, 0.4) is 0 Å². The highest BCUT2D eigenvalue weighted by molar-refractivity contribution is 6.36. The summed E-state index contributed by atoms with van der Waals surface area (Å²) in [7, 11) is 0. The van der Waals surface area contributed by atoms with E-state index in [2.05, 4.69) is 4.98 Å².